The third kappa shape index (κ3) is 12.3. The van der Waals surface area contributed by atoms with Gasteiger partial charge >= 0.3 is 18.2 Å². The first-order valence-corrected chi connectivity index (χ1v) is 26.2. The van der Waals surface area contributed by atoms with Crippen molar-refractivity contribution in [3.8, 4) is 11.1 Å². The second kappa shape index (κ2) is 23.7. The summed E-state index contributed by atoms with van der Waals surface area (Å²) < 4.78 is 17.1. The van der Waals surface area contributed by atoms with Crippen molar-refractivity contribution in [3.63, 3.8) is 0 Å². The first-order valence-electron chi connectivity index (χ1n) is 25.2. The van der Waals surface area contributed by atoms with Crippen molar-refractivity contribution in [2.24, 2.45) is 5.92 Å². The van der Waals surface area contributed by atoms with Crippen LogP contribution < -0.4 is 16.0 Å². The Morgan fingerprint density at radius 3 is 1.69 bits per heavy atom. The van der Waals surface area contributed by atoms with E-state index in [0.29, 0.717) is 16.5 Å². The molecular formula is C61H64N4O9S. The van der Waals surface area contributed by atoms with Gasteiger partial charge in [0.2, 0.25) is 11.8 Å². The van der Waals surface area contributed by atoms with Crippen molar-refractivity contribution in [3.05, 3.63) is 203 Å². The van der Waals surface area contributed by atoms with Crippen LogP contribution in [0.5, 0.6) is 0 Å². The van der Waals surface area contributed by atoms with Gasteiger partial charge in [0, 0.05) is 29.7 Å². The van der Waals surface area contributed by atoms with Gasteiger partial charge < -0.3 is 35.3 Å². The maximum atomic E-state index is 15.3. The number of benzene rings is 6. The van der Waals surface area contributed by atoms with Crippen LogP contribution in [0.3, 0.4) is 0 Å². The number of esters is 1. The Morgan fingerprint density at radius 2 is 1.16 bits per heavy atom. The van der Waals surface area contributed by atoms with Crippen LogP contribution >= 0.6 is 11.8 Å². The minimum absolute atomic E-state index is 0.0240. The Hall–Kier alpha value is -7.68. The summed E-state index contributed by atoms with van der Waals surface area (Å²) in [5.41, 5.74) is 7.13. The molecule has 14 heteroatoms. The molecular weight excluding hydrogens is 965 g/mol. The zero-order chi connectivity index (χ0) is 53.3. The molecule has 4 atom stereocenters. The van der Waals surface area contributed by atoms with E-state index in [-0.39, 0.29) is 37.0 Å². The molecule has 8 rings (SSSR count). The van der Waals surface area contributed by atoms with E-state index in [4.69, 9.17) is 14.2 Å². The molecule has 0 spiro atoms. The zero-order valence-corrected chi connectivity index (χ0v) is 43.8. The minimum atomic E-state index is -1.37. The average molecular weight is 1030 g/mol. The number of carbonyl (C=O) groups excluding carboxylic acids is 5. The van der Waals surface area contributed by atoms with Crippen molar-refractivity contribution in [1.29, 1.82) is 0 Å². The number of para-hydroxylation sites is 1. The van der Waals surface area contributed by atoms with Gasteiger partial charge in [-0.2, -0.15) is 0 Å². The Kier molecular flexibility index (Phi) is 16.9. The molecule has 3 amide bonds. The first-order chi connectivity index (χ1) is 36.1. The fourth-order valence-electron chi connectivity index (χ4n) is 9.87. The molecule has 4 N–H and O–H groups in total. The molecule has 1 heterocycles. The Bertz CT molecular complexity index is 2980. The van der Waals surface area contributed by atoms with Crippen molar-refractivity contribution < 1.29 is 43.3 Å². The number of carbonyl (C=O) groups is 5. The fourth-order valence-corrected chi connectivity index (χ4v) is 11.4. The summed E-state index contributed by atoms with van der Waals surface area (Å²) in [5.74, 6) is -2.67. The number of ether oxygens (including phenoxy) is 3. The smallest absolute Gasteiger partial charge is 0.419 e. The molecule has 7 aromatic rings. The van der Waals surface area contributed by atoms with Crippen LogP contribution in [-0.4, -0.2) is 88.9 Å². The highest BCUT2D eigenvalue weighted by Gasteiger charge is 2.40. The minimum Gasteiger partial charge on any atom is -0.469 e. The molecule has 0 aliphatic heterocycles. The van der Waals surface area contributed by atoms with Crippen molar-refractivity contribution in [2.45, 2.75) is 88.0 Å². The molecule has 0 unspecified atom stereocenters. The number of hydrogen-bond acceptors (Lipinski definition) is 10. The summed E-state index contributed by atoms with van der Waals surface area (Å²) in [4.78, 5) is 70.8. The number of nitrogens with zero attached hydrogens (tertiary/aromatic N) is 1. The van der Waals surface area contributed by atoms with E-state index in [0.717, 1.165) is 38.9 Å². The topological polar surface area (TPSA) is 174 Å². The molecule has 0 bridgehead atoms. The summed E-state index contributed by atoms with van der Waals surface area (Å²) in [5, 5.41) is 20.9. The van der Waals surface area contributed by atoms with Crippen molar-refractivity contribution in [1.82, 2.24) is 20.5 Å². The molecule has 1 aromatic heterocycles. The lowest BCUT2D eigenvalue weighted by Crippen LogP contribution is -2.58. The lowest BCUT2D eigenvalue weighted by atomic mass is 9.84. The summed E-state index contributed by atoms with van der Waals surface area (Å²) in [6.07, 6.45) is -1.74. The van der Waals surface area contributed by atoms with Crippen LogP contribution in [0.15, 0.2) is 170 Å². The van der Waals surface area contributed by atoms with Gasteiger partial charge in [0.1, 0.15) is 24.3 Å². The summed E-state index contributed by atoms with van der Waals surface area (Å²) >= 11 is 1.44. The predicted molar refractivity (Wildman–Crippen MR) is 292 cm³/mol. The number of aliphatic hydroxyl groups is 1. The van der Waals surface area contributed by atoms with E-state index in [1.165, 1.54) is 23.4 Å². The molecule has 1 aliphatic rings. The molecule has 1 aliphatic carbocycles. The van der Waals surface area contributed by atoms with E-state index in [1.807, 2.05) is 152 Å². The molecule has 388 valence electrons. The van der Waals surface area contributed by atoms with Gasteiger partial charge in [0.15, 0.2) is 0 Å². The van der Waals surface area contributed by atoms with Gasteiger partial charge in [-0.25, -0.2) is 9.59 Å². The van der Waals surface area contributed by atoms with E-state index < -0.39 is 64.5 Å². The number of nitrogens with one attached hydrogen (secondary N) is 3. The Morgan fingerprint density at radius 1 is 0.653 bits per heavy atom. The van der Waals surface area contributed by atoms with E-state index in [2.05, 4.69) is 16.0 Å². The number of hydrogen-bond donors (Lipinski definition) is 4. The third-order valence-corrected chi connectivity index (χ3v) is 15.1. The fraction of sp³-hybridized carbons (Fsp3) is 0.295. The van der Waals surface area contributed by atoms with Crippen LogP contribution in [0.25, 0.3) is 22.0 Å². The number of methoxy groups -OCH3 is 1. The summed E-state index contributed by atoms with van der Waals surface area (Å²) in [7, 11) is 1.22. The maximum absolute atomic E-state index is 15.3. The number of amides is 3. The van der Waals surface area contributed by atoms with E-state index in [9.17, 15) is 19.5 Å². The third-order valence-electron chi connectivity index (χ3n) is 13.4. The van der Waals surface area contributed by atoms with E-state index in [1.54, 1.807) is 52.9 Å². The highest BCUT2D eigenvalue weighted by atomic mass is 32.2. The van der Waals surface area contributed by atoms with Crippen LogP contribution in [0.2, 0.25) is 0 Å². The van der Waals surface area contributed by atoms with E-state index >= 15 is 9.59 Å². The molecule has 0 fully saturated rings. The predicted octanol–water partition coefficient (Wildman–Crippen LogP) is 10.1. The van der Waals surface area contributed by atoms with Gasteiger partial charge in [-0.05, 0) is 77.3 Å². The van der Waals surface area contributed by atoms with Gasteiger partial charge in [0.05, 0.1) is 35.9 Å². The molecule has 75 heavy (non-hydrogen) atoms. The lowest BCUT2D eigenvalue weighted by Gasteiger charge is -2.37. The number of aliphatic hydroxyl groups excluding tert-OH is 1. The quantitative estimate of drug-likeness (QED) is 0.0347. The van der Waals surface area contributed by atoms with Crippen molar-refractivity contribution >= 4 is 52.6 Å². The van der Waals surface area contributed by atoms with Gasteiger partial charge in [0.25, 0.3) is 0 Å². The summed E-state index contributed by atoms with van der Waals surface area (Å²) in [6.45, 7) is 8.90. The second-order valence-corrected chi connectivity index (χ2v) is 21.3. The van der Waals surface area contributed by atoms with Crippen LogP contribution in [-0.2, 0) is 39.8 Å². The molecule has 0 saturated heterocycles. The Labute approximate surface area is 442 Å². The molecule has 13 nitrogen and oxygen atoms in total. The van der Waals surface area contributed by atoms with Crippen molar-refractivity contribution in [2.75, 3.05) is 19.5 Å². The number of aromatic nitrogens is 1. The molecule has 0 radical (unpaired) electrons. The van der Waals surface area contributed by atoms with Gasteiger partial charge in [-0.1, -0.05) is 172 Å². The van der Waals surface area contributed by atoms with Gasteiger partial charge in [-0.3, -0.25) is 19.0 Å². The highest BCUT2D eigenvalue weighted by molar-refractivity contribution is 8.00. The van der Waals surface area contributed by atoms with Crippen LogP contribution in [0.1, 0.15) is 80.3 Å². The Balaban J connectivity index is 1.17. The van der Waals surface area contributed by atoms with Crippen LogP contribution in [0, 0.1) is 5.92 Å². The second-order valence-electron chi connectivity index (χ2n) is 20.0. The largest absolute Gasteiger partial charge is 0.469 e. The number of thioether (sulfide) groups is 1. The summed E-state index contributed by atoms with van der Waals surface area (Å²) in [6, 6.07) is 49.3. The SMILES string of the molecule is COC(=O)C[C@H](O)[C@H](NC(=O)[C@@H](CSC(c1ccccc1)(c1ccccc1)c1ccccc1)NC(=O)[C@@H](Cc1cn(C(=O)OC(C)(C)C)c2ccccc12)NC(=O)OCC1c2ccccc2-c2ccccc21)C(C)C. The number of rotatable bonds is 19. The average Bonchev–Trinajstić information content (AvgIpc) is 3.95. The van der Waals surface area contributed by atoms with Crippen LogP contribution in [0.4, 0.5) is 9.59 Å². The molecule has 6 aromatic carbocycles. The van der Waals surface area contributed by atoms with Gasteiger partial charge in [-0.15, -0.1) is 11.8 Å². The monoisotopic (exact) mass is 1030 g/mol. The first kappa shape index (κ1) is 53.6. The highest BCUT2D eigenvalue weighted by Crippen LogP contribution is 2.49. The standard InChI is InChI=1S/C61H64N4O9S/c1-39(2)55(53(66)35-54(67)72-6)64-57(69)51(38-75-61(41-22-10-7-11-23-41,42-24-12-8-13-25-42)43-26-14-9-15-27-43)62-56(68)50(34-40-36-65(59(71)74-60(3,4)5)52-33-21-20-28-44(40)52)63-58(70)73-37-49-47-31-18-16-29-45(47)46-30-17-19-32-48(46)49/h7-33,36,39,49-51,53,55,66H,34-35,37-38H2,1-6H3,(H,62,68)(H,63,70)(H,64,69)/t50-,51-,53+,55-/m1/s1. The lowest BCUT2D eigenvalue weighted by molar-refractivity contribution is -0.144. The zero-order valence-electron chi connectivity index (χ0n) is 43.0. The molecule has 0 saturated carbocycles. The maximum Gasteiger partial charge on any atom is 0.419 e. The number of alkyl carbamates (subject to hydrolysis) is 1. The number of fused-ring (bicyclic) bond motifs is 4. The normalized spacial score (nSPS) is 13.9.